The Bertz CT molecular complexity index is 369. The third kappa shape index (κ3) is 2.29. The molecule has 2 atom stereocenters. The van der Waals surface area contributed by atoms with E-state index in [9.17, 15) is 4.79 Å². The summed E-state index contributed by atoms with van der Waals surface area (Å²) in [5.74, 6) is 0.101. The van der Waals surface area contributed by atoms with Crippen molar-refractivity contribution in [2.24, 2.45) is 5.92 Å². The quantitative estimate of drug-likeness (QED) is 0.551. The van der Waals surface area contributed by atoms with Gasteiger partial charge in [0.05, 0.1) is 0 Å². The molecule has 0 N–H and O–H groups in total. The van der Waals surface area contributed by atoms with Gasteiger partial charge in [-0.1, -0.05) is 42.5 Å². The fraction of sp³-hybridized carbons (Fsp3) is 0.308. The molecule has 2 heteroatoms. The Hall–Kier alpha value is -1.08. The van der Waals surface area contributed by atoms with Gasteiger partial charge in [-0.05, 0) is 30.0 Å². The van der Waals surface area contributed by atoms with Crippen molar-refractivity contribution in [1.82, 2.24) is 0 Å². The van der Waals surface area contributed by atoms with Crippen LogP contribution in [-0.4, -0.2) is 5.24 Å². The Morgan fingerprint density at radius 1 is 1.27 bits per heavy atom. The molecule has 1 aromatic carbocycles. The number of benzene rings is 1. The largest absolute Gasteiger partial charge is 0.281 e. The van der Waals surface area contributed by atoms with Gasteiger partial charge < -0.3 is 0 Å². The number of rotatable bonds is 2. The Labute approximate surface area is 94.8 Å². The summed E-state index contributed by atoms with van der Waals surface area (Å²) in [6, 6.07) is 10.1. The molecule has 1 nitrogen and oxygen atoms in total. The van der Waals surface area contributed by atoms with Crippen LogP contribution in [0.5, 0.6) is 0 Å². The third-order valence-electron chi connectivity index (χ3n) is 2.90. The van der Waals surface area contributed by atoms with Gasteiger partial charge in [0.2, 0.25) is 5.24 Å². The summed E-state index contributed by atoms with van der Waals surface area (Å²) in [4.78, 5) is 11.3. The molecule has 2 rings (SSSR count). The molecule has 1 aromatic rings. The topological polar surface area (TPSA) is 17.1 Å². The van der Waals surface area contributed by atoms with Gasteiger partial charge in [-0.3, -0.25) is 4.79 Å². The summed E-state index contributed by atoms with van der Waals surface area (Å²) in [7, 11) is 0. The molecular formula is C13H13ClO. The lowest BCUT2D eigenvalue weighted by Crippen LogP contribution is -2.19. The van der Waals surface area contributed by atoms with Crippen LogP contribution in [0.1, 0.15) is 24.3 Å². The van der Waals surface area contributed by atoms with E-state index in [-0.39, 0.29) is 17.1 Å². The zero-order valence-corrected chi connectivity index (χ0v) is 9.15. The van der Waals surface area contributed by atoms with E-state index in [1.54, 1.807) is 0 Å². The first-order chi connectivity index (χ1) is 7.29. The monoisotopic (exact) mass is 220 g/mol. The highest BCUT2D eigenvalue weighted by Crippen LogP contribution is 2.34. The number of hydrogen-bond donors (Lipinski definition) is 0. The van der Waals surface area contributed by atoms with E-state index in [2.05, 4.69) is 12.2 Å². The fourth-order valence-electron chi connectivity index (χ4n) is 2.11. The molecule has 0 bridgehead atoms. The van der Waals surface area contributed by atoms with Crippen LogP contribution in [0.2, 0.25) is 0 Å². The summed E-state index contributed by atoms with van der Waals surface area (Å²) >= 11 is 5.63. The lowest BCUT2D eigenvalue weighted by Gasteiger charge is -2.24. The molecule has 15 heavy (non-hydrogen) atoms. The normalized spacial score (nSPS) is 25.1. The van der Waals surface area contributed by atoms with Crippen LogP contribution < -0.4 is 0 Å². The van der Waals surface area contributed by atoms with E-state index >= 15 is 0 Å². The van der Waals surface area contributed by atoms with Crippen molar-refractivity contribution < 1.29 is 4.79 Å². The fourth-order valence-corrected chi connectivity index (χ4v) is 2.35. The van der Waals surface area contributed by atoms with Gasteiger partial charge in [-0.2, -0.15) is 0 Å². The van der Waals surface area contributed by atoms with E-state index in [1.807, 2.05) is 30.3 Å². The van der Waals surface area contributed by atoms with Gasteiger partial charge in [0.25, 0.3) is 0 Å². The van der Waals surface area contributed by atoms with Crippen LogP contribution in [0.15, 0.2) is 42.5 Å². The molecule has 1 aliphatic rings. The molecule has 0 radical (unpaired) electrons. The minimum Gasteiger partial charge on any atom is -0.281 e. The number of hydrogen-bond acceptors (Lipinski definition) is 1. The molecule has 78 valence electrons. The predicted molar refractivity (Wildman–Crippen MR) is 61.9 cm³/mol. The number of halogens is 1. The molecule has 0 aliphatic heterocycles. The number of allylic oxidation sites excluding steroid dienone is 2. The van der Waals surface area contributed by atoms with Gasteiger partial charge in [0.15, 0.2) is 0 Å². The zero-order valence-electron chi connectivity index (χ0n) is 8.40. The van der Waals surface area contributed by atoms with Crippen LogP contribution in [-0.2, 0) is 4.79 Å². The molecule has 0 unspecified atom stereocenters. The molecule has 0 saturated heterocycles. The lowest BCUT2D eigenvalue weighted by atomic mass is 9.80. The van der Waals surface area contributed by atoms with E-state index in [0.29, 0.717) is 0 Å². The maximum Gasteiger partial charge on any atom is 0.225 e. The minimum atomic E-state index is -0.215. The minimum absolute atomic E-state index is 0.0564. The van der Waals surface area contributed by atoms with Crippen molar-refractivity contribution in [3.63, 3.8) is 0 Å². The van der Waals surface area contributed by atoms with Crippen molar-refractivity contribution in [2.75, 3.05) is 0 Å². The first kappa shape index (κ1) is 10.4. The zero-order chi connectivity index (χ0) is 10.7. The van der Waals surface area contributed by atoms with E-state index in [0.717, 1.165) is 12.8 Å². The highest BCUT2D eigenvalue weighted by atomic mass is 35.5. The smallest absolute Gasteiger partial charge is 0.225 e. The van der Waals surface area contributed by atoms with Gasteiger partial charge in [-0.25, -0.2) is 0 Å². The van der Waals surface area contributed by atoms with Crippen molar-refractivity contribution in [1.29, 1.82) is 0 Å². The molecule has 0 aromatic heterocycles. The molecule has 0 heterocycles. The predicted octanol–water partition coefficient (Wildman–Crippen LogP) is 3.50. The van der Waals surface area contributed by atoms with Gasteiger partial charge >= 0.3 is 0 Å². The highest BCUT2D eigenvalue weighted by molar-refractivity contribution is 6.64. The van der Waals surface area contributed by atoms with Crippen LogP contribution in [0.3, 0.4) is 0 Å². The summed E-state index contributed by atoms with van der Waals surface area (Å²) < 4.78 is 0. The second-order valence-electron chi connectivity index (χ2n) is 3.85. The Morgan fingerprint density at radius 2 is 2.00 bits per heavy atom. The van der Waals surface area contributed by atoms with Crippen LogP contribution in [0.4, 0.5) is 0 Å². The van der Waals surface area contributed by atoms with Gasteiger partial charge in [0, 0.05) is 11.8 Å². The molecule has 0 fully saturated rings. The molecular weight excluding hydrogens is 208 g/mol. The Morgan fingerprint density at radius 3 is 2.67 bits per heavy atom. The second kappa shape index (κ2) is 4.63. The van der Waals surface area contributed by atoms with Gasteiger partial charge in [-0.15, -0.1) is 0 Å². The third-order valence-corrected chi connectivity index (χ3v) is 3.18. The second-order valence-corrected chi connectivity index (χ2v) is 4.23. The SMILES string of the molecule is O=C(Cl)[C@H]1CCC=C[C@H]1c1ccccc1. The van der Waals surface area contributed by atoms with E-state index < -0.39 is 0 Å². The van der Waals surface area contributed by atoms with Crippen molar-refractivity contribution in [3.05, 3.63) is 48.0 Å². The first-order valence-corrected chi connectivity index (χ1v) is 5.58. The average molecular weight is 221 g/mol. The molecule has 0 spiro atoms. The summed E-state index contributed by atoms with van der Waals surface area (Å²) in [5.41, 5.74) is 1.17. The summed E-state index contributed by atoms with van der Waals surface area (Å²) in [5, 5.41) is -0.215. The highest BCUT2D eigenvalue weighted by Gasteiger charge is 2.27. The standard InChI is InChI=1S/C13H13ClO/c14-13(15)12-9-5-4-8-11(12)10-6-2-1-3-7-10/h1-4,6-8,11-12H,5,9H2/t11-,12-/m0/s1. The van der Waals surface area contributed by atoms with E-state index in [4.69, 9.17) is 11.6 Å². The van der Waals surface area contributed by atoms with Crippen molar-refractivity contribution in [3.8, 4) is 0 Å². The van der Waals surface area contributed by atoms with Crippen molar-refractivity contribution >= 4 is 16.8 Å². The first-order valence-electron chi connectivity index (χ1n) is 5.20. The molecule has 0 amide bonds. The summed E-state index contributed by atoms with van der Waals surface area (Å²) in [6.07, 6.45) is 6.04. The number of carbonyl (C=O) groups is 1. The van der Waals surface area contributed by atoms with Crippen LogP contribution >= 0.6 is 11.6 Å². The van der Waals surface area contributed by atoms with Gasteiger partial charge in [0.1, 0.15) is 0 Å². The molecule has 0 saturated carbocycles. The number of carbonyl (C=O) groups excluding carboxylic acids is 1. The van der Waals surface area contributed by atoms with Crippen LogP contribution in [0.25, 0.3) is 0 Å². The Balaban J connectivity index is 2.29. The maximum atomic E-state index is 11.3. The molecule has 1 aliphatic carbocycles. The summed E-state index contributed by atoms with van der Waals surface area (Å²) in [6.45, 7) is 0. The Kier molecular flexibility index (Phi) is 3.22. The van der Waals surface area contributed by atoms with E-state index in [1.165, 1.54) is 5.56 Å². The average Bonchev–Trinajstić information content (AvgIpc) is 2.30. The van der Waals surface area contributed by atoms with Crippen molar-refractivity contribution in [2.45, 2.75) is 18.8 Å². The van der Waals surface area contributed by atoms with Crippen LogP contribution in [0, 0.1) is 5.92 Å². The lowest BCUT2D eigenvalue weighted by molar-refractivity contribution is -0.115. The maximum absolute atomic E-state index is 11.3.